The molecule has 1 saturated heterocycles. The average molecular weight is 447 g/mol. The van der Waals surface area contributed by atoms with E-state index in [1.165, 1.54) is 19.3 Å². The monoisotopic (exact) mass is 446 g/mol. The molecule has 0 atom stereocenters. The van der Waals surface area contributed by atoms with E-state index in [0.717, 1.165) is 52.4 Å². The minimum Gasteiger partial charge on any atom is -0.467 e. The van der Waals surface area contributed by atoms with E-state index in [1.54, 1.807) is 11.2 Å². The molecular weight excluding hydrogens is 416 g/mol. The van der Waals surface area contributed by atoms with E-state index in [4.69, 9.17) is 13.3 Å². The van der Waals surface area contributed by atoms with Crippen LogP contribution in [0.3, 0.4) is 0 Å². The minimum absolute atomic E-state index is 0.173. The molecule has 5 rings (SSSR count). The second kappa shape index (κ2) is 8.85. The van der Waals surface area contributed by atoms with Crippen LogP contribution in [0.4, 0.5) is 5.88 Å². The first-order chi connectivity index (χ1) is 16.0. The summed E-state index contributed by atoms with van der Waals surface area (Å²) in [5, 5.41) is 0.977. The van der Waals surface area contributed by atoms with Gasteiger partial charge in [-0.2, -0.15) is 0 Å². The van der Waals surface area contributed by atoms with Gasteiger partial charge in [0.25, 0.3) is 5.91 Å². The number of carbonyl (C=O) groups excluding carboxylic acids is 1. The molecule has 0 spiro atoms. The number of rotatable bonds is 6. The van der Waals surface area contributed by atoms with Gasteiger partial charge in [-0.25, -0.2) is 0 Å². The molecule has 1 aromatic carbocycles. The molecule has 0 bridgehead atoms. The number of anilines is 1. The van der Waals surface area contributed by atoms with Crippen LogP contribution in [-0.4, -0.2) is 23.9 Å². The highest BCUT2D eigenvalue weighted by Gasteiger charge is 2.26. The van der Waals surface area contributed by atoms with E-state index in [9.17, 15) is 4.79 Å². The first-order valence-electron chi connectivity index (χ1n) is 11.7. The Balaban J connectivity index is 1.45. The number of piperidine rings is 1. The summed E-state index contributed by atoms with van der Waals surface area (Å²) in [7, 11) is 0. The molecule has 172 valence electrons. The number of aryl methyl sites for hydroxylation is 3. The summed E-state index contributed by atoms with van der Waals surface area (Å²) < 4.78 is 17.9. The van der Waals surface area contributed by atoms with Crippen molar-refractivity contribution < 1.29 is 18.0 Å². The first-order valence-corrected chi connectivity index (χ1v) is 11.7. The molecule has 0 saturated carbocycles. The molecule has 0 aliphatic carbocycles. The molecule has 0 radical (unpaired) electrons. The van der Waals surface area contributed by atoms with E-state index in [2.05, 4.69) is 11.0 Å². The molecule has 1 fully saturated rings. The average Bonchev–Trinajstić information content (AvgIpc) is 3.57. The Morgan fingerprint density at radius 3 is 2.45 bits per heavy atom. The van der Waals surface area contributed by atoms with Crippen LogP contribution in [0.15, 0.2) is 55.9 Å². The van der Waals surface area contributed by atoms with Gasteiger partial charge in [0.1, 0.15) is 17.1 Å². The Morgan fingerprint density at radius 1 is 0.909 bits per heavy atom. The standard InChI is InChI=1S/C27H30N2O4/c1-18-9-11-23-20(3)26(33-25(23)19(18)2)27(30)29(16-21-8-7-15-31-21)17-22-10-12-24(32-22)28-13-5-4-6-14-28/h7-12,15H,4-6,13-14,16-17H2,1-3H3. The highest BCUT2D eigenvalue weighted by atomic mass is 16.4. The summed E-state index contributed by atoms with van der Waals surface area (Å²) in [6.45, 7) is 8.72. The van der Waals surface area contributed by atoms with Gasteiger partial charge < -0.3 is 23.1 Å². The zero-order valence-electron chi connectivity index (χ0n) is 19.5. The number of benzene rings is 1. The third-order valence-electron chi connectivity index (χ3n) is 6.70. The Hall–Kier alpha value is -3.41. The normalized spacial score (nSPS) is 14.2. The lowest BCUT2D eigenvalue weighted by molar-refractivity contribution is 0.0674. The molecule has 3 aromatic heterocycles. The minimum atomic E-state index is -0.173. The van der Waals surface area contributed by atoms with Crippen molar-refractivity contribution in [3.63, 3.8) is 0 Å². The van der Waals surface area contributed by atoms with Crippen LogP contribution in [0.25, 0.3) is 11.0 Å². The third kappa shape index (κ3) is 4.17. The number of carbonyl (C=O) groups is 1. The van der Waals surface area contributed by atoms with Gasteiger partial charge in [-0.1, -0.05) is 12.1 Å². The first kappa shape index (κ1) is 21.4. The topological polar surface area (TPSA) is 63.0 Å². The van der Waals surface area contributed by atoms with Gasteiger partial charge in [-0.15, -0.1) is 0 Å². The summed E-state index contributed by atoms with van der Waals surface area (Å²) in [6.07, 6.45) is 5.26. The number of fused-ring (bicyclic) bond motifs is 1. The second-order valence-corrected chi connectivity index (χ2v) is 8.97. The molecular formula is C27H30N2O4. The summed E-state index contributed by atoms with van der Waals surface area (Å²) >= 11 is 0. The maximum atomic E-state index is 13.7. The molecule has 6 nitrogen and oxygen atoms in total. The van der Waals surface area contributed by atoms with Crippen molar-refractivity contribution in [3.8, 4) is 0 Å². The van der Waals surface area contributed by atoms with Crippen molar-refractivity contribution in [1.82, 2.24) is 4.90 Å². The maximum Gasteiger partial charge on any atom is 0.290 e. The van der Waals surface area contributed by atoms with Gasteiger partial charge in [0.15, 0.2) is 11.6 Å². The Labute approximate surface area is 193 Å². The van der Waals surface area contributed by atoms with Crippen molar-refractivity contribution in [2.75, 3.05) is 18.0 Å². The lowest BCUT2D eigenvalue weighted by atomic mass is 10.0. The maximum absolute atomic E-state index is 13.7. The predicted octanol–water partition coefficient (Wildman–Crippen LogP) is 6.38. The quantitative estimate of drug-likeness (QED) is 0.344. The SMILES string of the molecule is Cc1ccc2c(C)c(C(=O)N(Cc3ccco3)Cc3ccc(N4CCCCC4)o3)oc2c1C. The van der Waals surface area contributed by atoms with Gasteiger partial charge in [0.05, 0.1) is 19.4 Å². The van der Waals surface area contributed by atoms with Crippen LogP contribution in [0, 0.1) is 20.8 Å². The second-order valence-electron chi connectivity index (χ2n) is 8.97. The van der Waals surface area contributed by atoms with Crippen LogP contribution in [0.5, 0.6) is 0 Å². The summed E-state index contributed by atoms with van der Waals surface area (Å²) in [6, 6.07) is 11.8. The van der Waals surface area contributed by atoms with Crippen LogP contribution in [0.1, 0.15) is 58.0 Å². The third-order valence-corrected chi connectivity index (χ3v) is 6.70. The van der Waals surface area contributed by atoms with Crippen LogP contribution < -0.4 is 4.90 Å². The zero-order valence-corrected chi connectivity index (χ0v) is 19.5. The summed E-state index contributed by atoms with van der Waals surface area (Å²) in [5.41, 5.74) is 3.84. The Kier molecular flexibility index (Phi) is 5.75. The molecule has 6 heteroatoms. The van der Waals surface area contributed by atoms with E-state index in [1.807, 2.05) is 51.1 Å². The van der Waals surface area contributed by atoms with Crippen LogP contribution in [-0.2, 0) is 13.1 Å². The smallest absolute Gasteiger partial charge is 0.290 e. The lowest BCUT2D eigenvalue weighted by Gasteiger charge is -2.26. The van der Waals surface area contributed by atoms with Crippen molar-refractivity contribution in [3.05, 3.63) is 76.6 Å². The van der Waals surface area contributed by atoms with Crippen LogP contribution >= 0.6 is 0 Å². The van der Waals surface area contributed by atoms with Gasteiger partial charge in [-0.05, 0) is 69.4 Å². The number of hydrogen-bond acceptors (Lipinski definition) is 5. The molecule has 1 aliphatic heterocycles. The van der Waals surface area contributed by atoms with E-state index >= 15 is 0 Å². The molecule has 0 unspecified atom stereocenters. The molecule has 33 heavy (non-hydrogen) atoms. The van der Waals surface area contributed by atoms with Crippen LogP contribution in [0.2, 0.25) is 0 Å². The largest absolute Gasteiger partial charge is 0.467 e. The van der Waals surface area contributed by atoms with Gasteiger partial charge in [0, 0.05) is 30.1 Å². The lowest BCUT2D eigenvalue weighted by Crippen LogP contribution is -2.30. The highest BCUT2D eigenvalue weighted by molar-refractivity contribution is 5.99. The van der Waals surface area contributed by atoms with Gasteiger partial charge in [-0.3, -0.25) is 4.79 Å². The molecule has 1 aliphatic rings. The fraction of sp³-hybridized carbons (Fsp3) is 0.370. The van der Waals surface area contributed by atoms with Crippen molar-refractivity contribution in [2.24, 2.45) is 0 Å². The number of nitrogens with zero attached hydrogens (tertiary/aromatic N) is 2. The van der Waals surface area contributed by atoms with Crippen molar-refractivity contribution in [1.29, 1.82) is 0 Å². The van der Waals surface area contributed by atoms with E-state index in [-0.39, 0.29) is 5.91 Å². The number of furan rings is 3. The number of amides is 1. The summed E-state index contributed by atoms with van der Waals surface area (Å²) in [5.74, 6) is 2.53. The summed E-state index contributed by atoms with van der Waals surface area (Å²) in [4.78, 5) is 17.7. The van der Waals surface area contributed by atoms with Crippen molar-refractivity contribution >= 4 is 22.8 Å². The molecule has 1 amide bonds. The fourth-order valence-corrected chi connectivity index (χ4v) is 4.58. The van der Waals surface area contributed by atoms with Crippen molar-refractivity contribution in [2.45, 2.75) is 53.1 Å². The highest BCUT2D eigenvalue weighted by Crippen LogP contribution is 2.31. The van der Waals surface area contributed by atoms with E-state index < -0.39 is 0 Å². The number of hydrogen-bond donors (Lipinski definition) is 0. The molecule has 4 heterocycles. The molecule has 4 aromatic rings. The predicted molar refractivity (Wildman–Crippen MR) is 127 cm³/mol. The van der Waals surface area contributed by atoms with Gasteiger partial charge in [0.2, 0.25) is 0 Å². The zero-order chi connectivity index (χ0) is 22.9. The Bertz CT molecular complexity index is 1260. The Morgan fingerprint density at radius 2 is 1.70 bits per heavy atom. The molecule has 0 N–H and O–H groups in total. The van der Waals surface area contributed by atoms with Gasteiger partial charge >= 0.3 is 0 Å². The fourth-order valence-electron chi connectivity index (χ4n) is 4.58. The van der Waals surface area contributed by atoms with E-state index in [0.29, 0.717) is 24.6 Å².